The fourth-order valence-corrected chi connectivity index (χ4v) is 2.09. The molecule has 0 saturated carbocycles. The number of nitrogens with one attached hydrogen (secondary N) is 2. The normalized spacial score (nSPS) is 13.5. The molecule has 0 heterocycles. The van der Waals surface area contributed by atoms with Crippen molar-refractivity contribution < 1.29 is 19.8 Å². The zero-order valence-corrected chi connectivity index (χ0v) is 13.0. The zero-order valence-electron chi connectivity index (χ0n) is 13.0. The van der Waals surface area contributed by atoms with Gasteiger partial charge in [0.2, 0.25) is 0 Å². The summed E-state index contributed by atoms with van der Waals surface area (Å²) in [7, 11) is 0. The Labute approximate surface area is 131 Å². The summed E-state index contributed by atoms with van der Waals surface area (Å²) in [4.78, 5) is 16.1. The van der Waals surface area contributed by atoms with Crippen molar-refractivity contribution in [2.75, 3.05) is 13.2 Å². The fourth-order valence-electron chi connectivity index (χ4n) is 2.09. The van der Waals surface area contributed by atoms with Gasteiger partial charge in [0.15, 0.2) is 0 Å². The van der Waals surface area contributed by atoms with E-state index < -0.39 is 18.2 Å². The Bertz CT molecular complexity index is 414. The van der Waals surface area contributed by atoms with E-state index in [-0.39, 0.29) is 6.54 Å². The monoisotopic (exact) mass is 310 g/mol. The number of aliphatic hydroxyl groups is 1. The largest absolute Gasteiger partial charge is 0.465 e. The summed E-state index contributed by atoms with van der Waals surface area (Å²) in [6.07, 6.45) is 1.58. The maximum Gasteiger partial charge on any atom is 0.404 e. The van der Waals surface area contributed by atoms with Crippen molar-refractivity contribution in [2.45, 2.75) is 44.8 Å². The van der Waals surface area contributed by atoms with Crippen molar-refractivity contribution in [3.63, 3.8) is 0 Å². The Hall–Kier alpha value is -1.63. The van der Waals surface area contributed by atoms with Crippen LogP contribution in [0.25, 0.3) is 0 Å². The first-order valence-electron chi connectivity index (χ1n) is 7.69. The molecule has 4 N–H and O–H groups in total. The summed E-state index contributed by atoms with van der Waals surface area (Å²) < 4.78 is 0. The van der Waals surface area contributed by atoms with Gasteiger partial charge in [0, 0.05) is 6.54 Å². The van der Waals surface area contributed by atoms with Crippen LogP contribution in [0, 0.1) is 0 Å². The average Bonchev–Trinajstić information content (AvgIpc) is 2.50. The standard InChI is InChI=1S/C16H26N2O4/c1-2-3-7-10-22-17-12-15(19)14(18-16(20)21)11-13-8-5-4-6-9-13/h4-6,8-9,14-15,17-19H,2-3,7,10-12H2,1H3,(H,20,21)/t14-,15-/m0/s1. The molecule has 0 aliphatic carbocycles. The Morgan fingerprint density at radius 3 is 2.64 bits per heavy atom. The minimum atomic E-state index is -1.15. The number of carboxylic acid groups (broad SMARTS) is 1. The van der Waals surface area contributed by atoms with Gasteiger partial charge in [-0.2, -0.15) is 5.48 Å². The summed E-state index contributed by atoms with van der Waals surface area (Å²) in [5.41, 5.74) is 3.66. The second kappa shape index (κ2) is 11.0. The van der Waals surface area contributed by atoms with Gasteiger partial charge in [0.05, 0.1) is 18.8 Å². The van der Waals surface area contributed by atoms with Crippen LogP contribution in [0.3, 0.4) is 0 Å². The van der Waals surface area contributed by atoms with E-state index in [0.717, 1.165) is 24.8 Å². The minimum Gasteiger partial charge on any atom is -0.465 e. The van der Waals surface area contributed by atoms with Crippen LogP contribution in [-0.4, -0.2) is 41.6 Å². The number of unbranched alkanes of at least 4 members (excludes halogenated alkanes) is 2. The van der Waals surface area contributed by atoms with Gasteiger partial charge in [0.25, 0.3) is 0 Å². The summed E-state index contributed by atoms with van der Waals surface area (Å²) in [6, 6.07) is 8.87. The summed E-state index contributed by atoms with van der Waals surface area (Å²) >= 11 is 0. The lowest BCUT2D eigenvalue weighted by Gasteiger charge is -2.23. The van der Waals surface area contributed by atoms with E-state index >= 15 is 0 Å². The number of hydrogen-bond acceptors (Lipinski definition) is 4. The highest BCUT2D eigenvalue weighted by molar-refractivity contribution is 5.65. The predicted molar refractivity (Wildman–Crippen MR) is 84.6 cm³/mol. The van der Waals surface area contributed by atoms with Crippen LogP contribution in [0.2, 0.25) is 0 Å². The molecule has 0 aromatic heterocycles. The molecule has 1 amide bonds. The van der Waals surface area contributed by atoms with Crippen LogP contribution < -0.4 is 10.8 Å². The Kier molecular flexibility index (Phi) is 9.21. The van der Waals surface area contributed by atoms with Crippen molar-refractivity contribution in [1.82, 2.24) is 10.8 Å². The molecule has 1 rings (SSSR count). The van der Waals surface area contributed by atoms with Gasteiger partial charge in [-0.15, -0.1) is 0 Å². The molecule has 22 heavy (non-hydrogen) atoms. The predicted octanol–water partition coefficient (Wildman–Crippen LogP) is 1.94. The Morgan fingerprint density at radius 1 is 1.27 bits per heavy atom. The summed E-state index contributed by atoms with van der Waals surface area (Å²) in [6.45, 7) is 2.86. The lowest BCUT2D eigenvalue weighted by atomic mass is 10.0. The fraction of sp³-hybridized carbons (Fsp3) is 0.562. The van der Waals surface area contributed by atoms with Crippen LogP contribution in [0.5, 0.6) is 0 Å². The quantitative estimate of drug-likeness (QED) is 0.370. The van der Waals surface area contributed by atoms with Crippen molar-refractivity contribution in [1.29, 1.82) is 0 Å². The first-order valence-corrected chi connectivity index (χ1v) is 7.69. The Morgan fingerprint density at radius 2 is 2.00 bits per heavy atom. The molecule has 0 radical (unpaired) electrons. The highest BCUT2D eigenvalue weighted by atomic mass is 16.6. The number of aliphatic hydroxyl groups excluding tert-OH is 1. The van der Waals surface area contributed by atoms with Crippen LogP contribution in [0.1, 0.15) is 31.7 Å². The molecule has 0 spiro atoms. The van der Waals surface area contributed by atoms with Gasteiger partial charge in [-0.3, -0.25) is 0 Å². The first kappa shape index (κ1) is 18.4. The molecule has 0 saturated heterocycles. The SMILES string of the molecule is CCCCCONC[C@H](O)[C@H](Cc1ccccc1)NC(=O)O. The van der Waals surface area contributed by atoms with Gasteiger partial charge in [-0.05, 0) is 18.4 Å². The van der Waals surface area contributed by atoms with Gasteiger partial charge >= 0.3 is 6.09 Å². The van der Waals surface area contributed by atoms with E-state index in [9.17, 15) is 9.90 Å². The molecule has 0 unspecified atom stereocenters. The zero-order chi connectivity index (χ0) is 16.2. The molecule has 6 heteroatoms. The molecule has 2 atom stereocenters. The number of amides is 1. The van der Waals surface area contributed by atoms with Crippen molar-refractivity contribution >= 4 is 6.09 Å². The molecule has 6 nitrogen and oxygen atoms in total. The van der Waals surface area contributed by atoms with E-state index in [4.69, 9.17) is 9.94 Å². The van der Waals surface area contributed by atoms with Crippen LogP contribution in [-0.2, 0) is 11.3 Å². The van der Waals surface area contributed by atoms with Gasteiger partial charge in [0.1, 0.15) is 0 Å². The number of benzene rings is 1. The van der Waals surface area contributed by atoms with E-state index in [1.54, 1.807) is 0 Å². The second-order valence-electron chi connectivity index (χ2n) is 5.22. The number of hydroxylamine groups is 1. The first-order chi connectivity index (χ1) is 10.6. The van der Waals surface area contributed by atoms with Crippen molar-refractivity contribution in [3.05, 3.63) is 35.9 Å². The molecular formula is C16H26N2O4. The third-order valence-corrected chi connectivity index (χ3v) is 3.32. The highest BCUT2D eigenvalue weighted by Gasteiger charge is 2.21. The molecule has 1 aromatic rings. The lowest BCUT2D eigenvalue weighted by molar-refractivity contribution is 0.00404. The third-order valence-electron chi connectivity index (χ3n) is 3.32. The molecule has 124 valence electrons. The third kappa shape index (κ3) is 7.97. The average molecular weight is 310 g/mol. The number of hydrogen-bond donors (Lipinski definition) is 4. The molecule has 0 bridgehead atoms. The minimum absolute atomic E-state index is 0.171. The number of carbonyl (C=O) groups is 1. The van der Waals surface area contributed by atoms with E-state index in [1.807, 2.05) is 30.3 Å². The highest BCUT2D eigenvalue weighted by Crippen LogP contribution is 2.06. The topological polar surface area (TPSA) is 90.8 Å². The maximum absolute atomic E-state index is 10.9. The summed E-state index contributed by atoms with van der Waals surface area (Å²) in [5.74, 6) is 0. The van der Waals surface area contributed by atoms with E-state index in [2.05, 4.69) is 17.7 Å². The van der Waals surface area contributed by atoms with Crippen LogP contribution in [0.15, 0.2) is 30.3 Å². The maximum atomic E-state index is 10.9. The lowest BCUT2D eigenvalue weighted by Crippen LogP contribution is -2.48. The summed E-state index contributed by atoms with van der Waals surface area (Å²) in [5, 5.41) is 21.4. The second-order valence-corrected chi connectivity index (χ2v) is 5.22. The van der Waals surface area contributed by atoms with Crippen molar-refractivity contribution in [2.24, 2.45) is 0 Å². The van der Waals surface area contributed by atoms with E-state index in [0.29, 0.717) is 13.0 Å². The smallest absolute Gasteiger partial charge is 0.404 e. The molecule has 0 aliphatic rings. The van der Waals surface area contributed by atoms with Crippen LogP contribution >= 0.6 is 0 Å². The number of rotatable bonds is 11. The molecule has 0 aliphatic heterocycles. The van der Waals surface area contributed by atoms with E-state index in [1.165, 1.54) is 0 Å². The van der Waals surface area contributed by atoms with Crippen LogP contribution in [0.4, 0.5) is 4.79 Å². The molecular weight excluding hydrogens is 284 g/mol. The van der Waals surface area contributed by atoms with Gasteiger partial charge < -0.3 is 20.4 Å². The van der Waals surface area contributed by atoms with Gasteiger partial charge in [-0.25, -0.2) is 4.79 Å². The Balaban J connectivity index is 2.40. The molecule has 1 aromatic carbocycles. The molecule has 0 fully saturated rings. The van der Waals surface area contributed by atoms with Crippen molar-refractivity contribution in [3.8, 4) is 0 Å². The van der Waals surface area contributed by atoms with Gasteiger partial charge in [-0.1, -0.05) is 50.1 Å².